The SMILES string of the molecule is CCc1ccc(NC(=O)Cn2cc(Cl)cc(Cl)c2=O)cc1. The van der Waals surface area contributed by atoms with Crippen molar-refractivity contribution < 1.29 is 4.79 Å². The maximum absolute atomic E-state index is 12.0. The Hall–Kier alpha value is -1.78. The van der Waals surface area contributed by atoms with Gasteiger partial charge < -0.3 is 9.88 Å². The molecule has 110 valence electrons. The third-order valence-electron chi connectivity index (χ3n) is 2.97. The highest BCUT2D eigenvalue weighted by molar-refractivity contribution is 6.34. The maximum atomic E-state index is 12.0. The van der Waals surface area contributed by atoms with Crippen molar-refractivity contribution in [3.05, 3.63) is 62.5 Å². The van der Waals surface area contributed by atoms with Crippen molar-refractivity contribution in [3.63, 3.8) is 0 Å². The zero-order chi connectivity index (χ0) is 15.4. The Bertz CT molecular complexity index is 709. The molecule has 1 aromatic carbocycles. The van der Waals surface area contributed by atoms with E-state index >= 15 is 0 Å². The van der Waals surface area contributed by atoms with Gasteiger partial charge >= 0.3 is 0 Å². The molecule has 0 saturated carbocycles. The van der Waals surface area contributed by atoms with Crippen LogP contribution in [0.15, 0.2) is 41.3 Å². The van der Waals surface area contributed by atoms with Crippen LogP contribution in [0.25, 0.3) is 0 Å². The van der Waals surface area contributed by atoms with E-state index in [9.17, 15) is 9.59 Å². The molecule has 1 amide bonds. The van der Waals surface area contributed by atoms with Crippen LogP contribution in [-0.2, 0) is 17.8 Å². The molecule has 1 aromatic heterocycles. The number of pyridine rings is 1. The number of amides is 1. The van der Waals surface area contributed by atoms with Gasteiger partial charge in [-0.2, -0.15) is 0 Å². The Morgan fingerprint density at radius 3 is 2.52 bits per heavy atom. The minimum atomic E-state index is -0.447. The maximum Gasteiger partial charge on any atom is 0.269 e. The summed E-state index contributed by atoms with van der Waals surface area (Å²) in [5, 5.41) is 3.02. The number of halogens is 2. The lowest BCUT2D eigenvalue weighted by Gasteiger charge is -2.08. The highest BCUT2D eigenvalue weighted by atomic mass is 35.5. The number of aromatic nitrogens is 1. The van der Waals surface area contributed by atoms with Gasteiger partial charge in [-0.25, -0.2) is 0 Å². The first kappa shape index (κ1) is 15.6. The number of hydrogen-bond acceptors (Lipinski definition) is 2. The van der Waals surface area contributed by atoms with Gasteiger partial charge in [-0.1, -0.05) is 42.3 Å². The van der Waals surface area contributed by atoms with Gasteiger partial charge in [0.2, 0.25) is 5.91 Å². The molecule has 0 aliphatic rings. The highest BCUT2D eigenvalue weighted by Crippen LogP contribution is 2.12. The van der Waals surface area contributed by atoms with Crippen LogP contribution in [0.1, 0.15) is 12.5 Å². The lowest BCUT2D eigenvalue weighted by molar-refractivity contribution is -0.116. The van der Waals surface area contributed by atoms with Gasteiger partial charge in [0, 0.05) is 11.9 Å². The molecule has 1 N–H and O–H groups in total. The van der Waals surface area contributed by atoms with Crippen LogP contribution in [0.3, 0.4) is 0 Å². The van der Waals surface area contributed by atoms with Gasteiger partial charge in [0.15, 0.2) is 0 Å². The first-order valence-corrected chi connectivity index (χ1v) is 7.19. The zero-order valence-electron chi connectivity index (χ0n) is 11.4. The molecule has 1 heterocycles. The van der Waals surface area contributed by atoms with Crippen LogP contribution in [-0.4, -0.2) is 10.5 Å². The summed E-state index contributed by atoms with van der Waals surface area (Å²) in [6.07, 6.45) is 2.32. The van der Waals surface area contributed by atoms with Gasteiger partial charge in [-0.05, 0) is 30.2 Å². The zero-order valence-corrected chi connectivity index (χ0v) is 12.9. The summed E-state index contributed by atoms with van der Waals surface area (Å²) in [5.41, 5.74) is 1.42. The summed E-state index contributed by atoms with van der Waals surface area (Å²) >= 11 is 11.6. The molecule has 21 heavy (non-hydrogen) atoms. The third-order valence-corrected chi connectivity index (χ3v) is 3.45. The van der Waals surface area contributed by atoms with Crippen LogP contribution in [0, 0.1) is 0 Å². The number of rotatable bonds is 4. The van der Waals surface area contributed by atoms with Crippen LogP contribution in [0.2, 0.25) is 10.0 Å². The second-order valence-corrected chi connectivity index (χ2v) is 5.38. The summed E-state index contributed by atoms with van der Waals surface area (Å²) in [6.45, 7) is 1.91. The summed E-state index contributed by atoms with van der Waals surface area (Å²) in [7, 11) is 0. The molecule has 0 aliphatic carbocycles. The van der Waals surface area contributed by atoms with E-state index in [2.05, 4.69) is 12.2 Å². The number of anilines is 1. The number of carbonyl (C=O) groups excluding carboxylic acids is 1. The molecule has 0 fully saturated rings. The highest BCUT2D eigenvalue weighted by Gasteiger charge is 2.08. The lowest BCUT2D eigenvalue weighted by Crippen LogP contribution is -2.27. The molecule has 0 radical (unpaired) electrons. The lowest BCUT2D eigenvalue weighted by atomic mass is 10.1. The minimum absolute atomic E-state index is 0.0115. The minimum Gasteiger partial charge on any atom is -0.325 e. The van der Waals surface area contributed by atoms with E-state index in [1.54, 1.807) is 0 Å². The molecule has 0 spiro atoms. The quantitative estimate of drug-likeness (QED) is 0.937. The number of nitrogens with zero attached hydrogens (tertiary/aromatic N) is 1. The van der Waals surface area contributed by atoms with Gasteiger partial charge in [-0.15, -0.1) is 0 Å². The normalized spacial score (nSPS) is 10.4. The first-order chi connectivity index (χ1) is 9.99. The van der Waals surface area contributed by atoms with Crippen molar-refractivity contribution in [2.45, 2.75) is 19.9 Å². The number of hydrogen-bond donors (Lipinski definition) is 1. The largest absolute Gasteiger partial charge is 0.325 e. The number of carbonyl (C=O) groups is 1. The van der Waals surface area contributed by atoms with E-state index in [4.69, 9.17) is 23.2 Å². The van der Waals surface area contributed by atoms with Gasteiger partial charge in [0.05, 0.1) is 5.02 Å². The Labute approximate surface area is 132 Å². The van der Waals surface area contributed by atoms with Crippen molar-refractivity contribution in [2.24, 2.45) is 0 Å². The molecular formula is C15H14Cl2N2O2. The monoisotopic (exact) mass is 324 g/mol. The Morgan fingerprint density at radius 2 is 1.90 bits per heavy atom. The molecule has 6 heteroatoms. The van der Waals surface area contributed by atoms with Crippen molar-refractivity contribution in [3.8, 4) is 0 Å². The average Bonchev–Trinajstić information content (AvgIpc) is 2.45. The Balaban J connectivity index is 2.09. The Kier molecular flexibility index (Phi) is 5.04. The molecular weight excluding hydrogens is 311 g/mol. The fraction of sp³-hybridized carbons (Fsp3) is 0.200. The summed E-state index contributed by atoms with van der Waals surface area (Å²) < 4.78 is 1.18. The van der Waals surface area contributed by atoms with Gasteiger partial charge in [0.25, 0.3) is 5.56 Å². The predicted octanol–water partition coefficient (Wildman–Crippen LogP) is 3.36. The van der Waals surface area contributed by atoms with E-state index in [0.717, 1.165) is 6.42 Å². The smallest absolute Gasteiger partial charge is 0.269 e. The van der Waals surface area contributed by atoms with Crippen LogP contribution < -0.4 is 10.9 Å². The fourth-order valence-electron chi connectivity index (χ4n) is 1.86. The second kappa shape index (κ2) is 6.78. The second-order valence-electron chi connectivity index (χ2n) is 4.54. The van der Waals surface area contributed by atoms with E-state index in [1.807, 2.05) is 24.3 Å². The Morgan fingerprint density at radius 1 is 1.24 bits per heavy atom. The standard InChI is InChI=1S/C15H14Cl2N2O2/c1-2-10-3-5-12(6-4-10)18-14(20)9-19-8-11(16)7-13(17)15(19)21/h3-8H,2,9H2,1H3,(H,18,20). The molecule has 0 bridgehead atoms. The van der Waals surface area contributed by atoms with Crippen LogP contribution in [0.5, 0.6) is 0 Å². The number of aryl methyl sites for hydroxylation is 1. The van der Waals surface area contributed by atoms with Crippen molar-refractivity contribution >= 4 is 34.8 Å². The van der Waals surface area contributed by atoms with Gasteiger partial charge in [0.1, 0.15) is 11.6 Å². The fourth-order valence-corrected chi connectivity index (χ4v) is 2.37. The van der Waals surface area contributed by atoms with Crippen LogP contribution in [0.4, 0.5) is 5.69 Å². The summed E-state index contributed by atoms with van der Waals surface area (Å²) in [6, 6.07) is 8.88. The van der Waals surface area contributed by atoms with Crippen molar-refractivity contribution in [2.75, 3.05) is 5.32 Å². The third kappa shape index (κ3) is 4.09. The summed E-state index contributed by atoms with van der Waals surface area (Å²) in [4.78, 5) is 23.7. The molecule has 0 aliphatic heterocycles. The first-order valence-electron chi connectivity index (χ1n) is 6.44. The van der Waals surface area contributed by atoms with Crippen molar-refractivity contribution in [1.82, 2.24) is 4.57 Å². The molecule has 2 aromatic rings. The summed E-state index contributed by atoms with van der Waals surface area (Å²) in [5.74, 6) is -0.320. The van der Waals surface area contributed by atoms with E-state index in [1.165, 1.54) is 22.4 Å². The number of benzene rings is 1. The van der Waals surface area contributed by atoms with Crippen LogP contribution >= 0.6 is 23.2 Å². The van der Waals surface area contributed by atoms with Gasteiger partial charge in [-0.3, -0.25) is 9.59 Å². The average molecular weight is 325 g/mol. The predicted molar refractivity (Wildman–Crippen MR) is 85.2 cm³/mol. The molecule has 4 nitrogen and oxygen atoms in total. The molecule has 0 saturated heterocycles. The van der Waals surface area contributed by atoms with E-state index in [-0.39, 0.29) is 17.5 Å². The van der Waals surface area contributed by atoms with Crippen molar-refractivity contribution in [1.29, 1.82) is 0 Å². The molecule has 0 atom stereocenters. The van der Waals surface area contributed by atoms with E-state index < -0.39 is 5.56 Å². The number of nitrogens with one attached hydrogen (secondary N) is 1. The molecule has 2 rings (SSSR count). The van der Waals surface area contributed by atoms with E-state index in [0.29, 0.717) is 10.7 Å². The molecule has 0 unspecified atom stereocenters. The topological polar surface area (TPSA) is 51.1 Å².